The van der Waals surface area contributed by atoms with Crippen LogP contribution in [0.15, 0.2) is 17.5 Å². The molecule has 0 saturated heterocycles. The maximum absolute atomic E-state index is 11.0. The van der Waals surface area contributed by atoms with Crippen LogP contribution in [0.5, 0.6) is 0 Å². The number of rotatable bonds is 4. The van der Waals surface area contributed by atoms with E-state index in [0.717, 1.165) is 12.1 Å². The molecule has 0 unspecified atom stereocenters. The highest BCUT2D eigenvalue weighted by molar-refractivity contribution is 5.96. The molecule has 9 nitrogen and oxygen atoms in total. The molecule has 0 radical (unpaired) electrons. The van der Waals surface area contributed by atoms with Gasteiger partial charge in [-0.2, -0.15) is 0 Å². The average Bonchev–Trinajstić information content (AvgIpc) is 2.28. The highest BCUT2D eigenvalue weighted by Gasteiger charge is 2.18. The van der Waals surface area contributed by atoms with Crippen LogP contribution in [0.25, 0.3) is 0 Å². The van der Waals surface area contributed by atoms with E-state index in [4.69, 9.17) is 10.2 Å². The Balaban J connectivity index is 3.30. The van der Waals surface area contributed by atoms with E-state index in [-0.39, 0.29) is 0 Å². The first kappa shape index (κ1) is 12.2. The number of nitrogens with zero attached hydrogens (tertiary/aromatic N) is 2. The summed E-state index contributed by atoms with van der Waals surface area (Å²) in [5, 5.41) is 19.1. The topological polar surface area (TPSA) is 143 Å². The zero-order valence-corrected chi connectivity index (χ0v) is 7.98. The molecule has 9 heteroatoms. The van der Waals surface area contributed by atoms with Crippen molar-refractivity contribution >= 4 is 17.9 Å². The van der Waals surface area contributed by atoms with Crippen LogP contribution in [0.3, 0.4) is 0 Å². The van der Waals surface area contributed by atoms with Gasteiger partial charge in [-0.05, 0) is 12.1 Å². The molecule has 0 atom stereocenters. The van der Waals surface area contributed by atoms with Gasteiger partial charge >= 0.3 is 17.9 Å². The molecule has 0 aliphatic rings. The maximum Gasteiger partial charge on any atom is 0.387 e. The molecule has 2 N–H and O–H groups in total. The molecule has 1 rings (SSSR count). The normalized spacial score (nSPS) is 9.41. The number of carbonyl (C=O) groups is 3. The van der Waals surface area contributed by atoms with Crippen LogP contribution in [-0.4, -0.2) is 33.1 Å². The van der Waals surface area contributed by atoms with Gasteiger partial charge in [0.05, 0.1) is 5.56 Å². The Labute approximate surface area is 92.6 Å². The van der Waals surface area contributed by atoms with Crippen molar-refractivity contribution in [1.82, 2.24) is 4.98 Å². The van der Waals surface area contributed by atoms with Crippen LogP contribution < -0.4 is 0 Å². The van der Waals surface area contributed by atoms with Crippen LogP contribution in [0, 0.1) is 4.91 Å². The van der Waals surface area contributed by atoms with Crippen molar-refractivity contribution in [1.29, 1.82) is 0 Å². The number of hydrogen-bond acceptors (Lipinski definition) is 7. The van der Waals surface area contributed by atoms with Gasteiger partial charge in [0.1, 0.15) is 5.69 Å². The Morgan fingerprint density at radius 1 is 1.12 bits per heavy atom. The number of carbonyl (C=O) groups excluding carboxylic acids is 1. The summed E-state index contributed by atoms with van der Waals surface area (Å²) in [7, 11) is 0. The predicted octanol–water partition coefficient (Wildman–Crippen LogP) is 0.316. The fraction of sp³-hybridized carbons (Fsp3) is 0. The molecular weight excluding hydrogens is 236 g/mol. The fourth-order valence-corrected chi connectivity index (χ4v) is 0.949. The van der Waals surface area contributed by atoms with Gasteiger partial charge in [0.25, 0.3) is 0 Å². The third-order valence-electron chi connectivity index (χ3n) is 1.62. The van der Waals surface area contributed by atoms with Gasteiger partial charge in [0.15, 0.2) is 11.0 Å². The predicted molar refractivity (Wildman–Crippen MR) is 49.4 cm³/mol. The second kappa shape index (κ2) is 4.79. The van der Waals surface area contributed by atoms with Crippen LogP contribution in [-0.2, 0) is 4.84 Å². The molecule has 0 amide bonds. The van der Waals surface area contributed by atoms with E-state index in [2.05, 4.69) is 9.82 Å². The van der Waals surface area contributed by atoms with Crippen molar-refractivity contribution in [2.45, 2.75) is 0 Å². The SMILES string of the molecule is O=NOC(=O)c1cc(C(=O)O)cc(C(=O)O)n1. The highest BCUT2D eigenvalue weighted by atomic mass is 16.7. The minimum Gasteiger partial charge on any atom is -0.478 e. The molecule has 0 bridgehead atoms. The molecule has 0 aromatic carbocycles. The van der Waals surface area contributed by atoms with E-state index in [1.165, 1.54) is 0 Å². The molecular formula is C8H4N2O7. The minimum atomic E-state index is -1.53. The molecule has 17 heavy (non-hydrogen) atoms. The summed E-state index contributed by atoms with van der Waals surface area (Å²) in [4.78, 5) is 48.9. The van der Waals surface area contributed by atoms with Gasteiger partial charge in [-0.25, -0.2) is 19.4 Å². The van der Waals surface area contributed by atoms with E-state index in [1.54, 1.807) is 0 Å². The van der Waals surface area contributed by atoms with Crippen molar-refractivity contribution in [2.24, 2.45) is 5.34 Å². The Morgan fingerprint density at radius 3 is 2.18 bits per heavy atom. The van der Waals surface area contributed by atoms with Crippen molar-refractivity contribution in [3.05, 3.63) is 34.0 Å². The molecule has 1 heterocycles. The van der Waals surface area contributed by atoms with E-state index in [9.17, 15) is 19.3 Å². The van der Waals surface area contributed by atoms with Gasteiger partial charge in [0, 0.05) is 0 Å². The van der Waals surface area contributed by atoms with Crippen molar-refractivity contribution in [3.8, 4) is 0 Å². The highest BCUT2D eigenvalue weighted by Crippen LogP contribution is 2.08. The second-order valence-corrected chi connectivity index (χ2v) is 2.69. The first-order valence-electron chi connectivity index (χ1n) is 3.98. The van der Waals surface area contributed by atoms with Gasteiger partial charge in [-0.3, -0.25) is 4.84 Å². The lowest BCUT2D eigenvalue weighted by Crippen LogP contribution is -2.12. The zero-order chi connectivity index (χ0) is 13.0. The largest absolute Gasteiger partial charge is 0.478 e. The monoisotopic (exact) mass is 240 g/mol. The molecule has 0 aliphatic carbocycles. The van der Waals surface area contributed by atoms with Crippen molar-refractivity contribution in [3.63, 3.8) is 0 Å². The third kappa shape index (κ3) is 2.81. The number of carboxylic acid groups (broad SMARTS) is 2. The summed E-state index contributed by atoms with van der Waals surface area (Å²) < 4.78 is 0. The molecule has 88 valence electrons. The lowest BCUT2D eigenvalue weighted by molar-refractivity contribution is 0.0501. The lowest BCUT2D eigenvalue weighted by atomic mass is 10.2. The second-order valence-electron chi connectivity index (χ2n) is 2.69. The molecule has 0 aliphatic heterocycles. The number of hydrogen-bond donors (Lipinski definition) is 2. The summed E-state index contributed by atoms with van der Waals surface area (Å²) in [6, 6.07) is 1.53. The Morgan fingerprint density at radius 2 is 1.71 bits per heavy atom. The van der Waals surface area contributed by atoms with Gasteiger partial charge < -0.3 is 10.2 Å². The summed E-state index contributed by atoms with van der Waals surface area (Å²) in [6.07, 6.45) is 0. The Bertz CT molecular complexity index is 478. The van der Waals surface area contributed by atoms with Crippen molar-refractivity contribution < 1.29 is 29.4 Å². The first-order chi connectivity index (χ1) is 7.95. The standard InChI is InChI=1S/C8H4N2O7/c11-6(12)3-1-4(7(13)14)9-5(2-3)8(15)17-10-16/h1-2H,(H,11,12)(H,13,14). The minimum absolute atomic E-state index is 0.477. The van der Waals surface area contributed by atoms with E-state index in [0.29, 0.717) is 0 Å². The molecule has 1 aromatic rings. The maximum atomic E-state index is 11.0. The molecule has 0 spiro atoms. The number of aromatic carboxylic acids is 2. The van der Waals surface area contributed by atoms with Crippen LogP contribution in [0.4, 0.5) is 0 Å². The zero-order valence-electron chi connectivity index (χ0n) is 7.98. The number of aromatic nitrogens is 1. The average molecular weight is 240 g/mol. The summed E-state index contributed by atoms with van der Waals surface area (Å²) >= 11 is 0. The Hall–Kier alpha value is -2.84. The third-order valence-corrected chi connectivity index (χ3v) is 1.62. The number of carboxylic acids is 2. The smallest absolute Gasteiger partial charge is 0.387 e. The summed E-state index contributed by atoms with van der Waals surface area (Å²) in [5.41, 5.74) is -1.78. The van der Waals surface area contributed by atoms with Crippen LogP contribution >= 0.6 is 0 Å². The molecule has 1 aromatic heterocycles. The quantitative estimate of drug-likeness (QED) is 0.565. The van der Waals surface area contributed by atoms with Gasteiger partial charge in [0.2, 0.25) is 0 Å². The lowest BCUT2D eigenvalue weighted by Gasteiger charge is -2.00. The molecule has 0 saturated carbocycles. The Kier molecular flexibility index (Phi) is 3.44. The summed E-state index contributed by atoms with van der Waals surface area (Å²) in [6.45, 7) is 0. The number of pyridine rings is 1. The van der Waals surface area contributed by atoms with Crippen molar-refractivity contribution in [2.75, 3.05) is 0 Å². The van der Waals surface area contributed by atoms with E-state index >= 15 is 0 Å². The molecule has 0 fully saturated rings. The van der Waals surface area contributed by atoms with Crippen LogP contribution in [0.1, 0.15) is 31.3 Å². The van der Waals surface area contributed by atoms with Gasteiger partial charge in [-0.1, -0.05) is 0 Å². The summed E-state index contributed by atoms with van der Waals surface area (Å²) in [5.74, 6) is -4.32. The first-order valence-corrected chi connectivity index (χ1v) is 3.98. The fourth-order valence-electron chi connectivity index (χ4n) is 0.949. The van der Waals surface area contributed by atoms with E-state index in [1.807, 2.05) is 5.34 Å². The van der Waals surface area contributed by atoms with Gasteiger partial charge in [-0.15, -0.1) is 4.91 Å². The van der Waals surface area contributed by atoms with E-state index < -0.39 is 34.9 Å². The van der Waals surface area contributed by atoms with Crippen LogP contribution in [0.2, 0.25) is 0 Å².